The van der Waals surface area contributed by atoms with Crippen LogP contribution in [0.5, 0.6) is 5.75 Å². The van der Waals surface area contributed by atoms with Crippen molar-refractivity contribution in [3.8, 4) is 5.75 Å². The summed E-state index contributed by atoms with van der Waals surface area (Å²) in [5, 5.41) is 3.22. The van der Waals surface area contributed by atoms with Crippen molar-refractivity contribution in [3.05, 3.63) is 48.4 Å². The third-order valence-electron chi connectivity index (χ3n) is 2.48. The fraction of sp³-hybridized carbons (Fsp3) is 0.286. The maximum Gasteiger partial charge on any atom is 0.144 e. The minimum atomic E-state index is 0.169. The highest BCUT2D eigenvalue weighted by Crippen LogP contribution is 2.12. The molecule has 0 aliphatic rings. The Hall–Kier alpha value is -2.10. The maximum absolute atomic E-state index is 5.68. The third kappa shape index (κ3) is 3.73. The summed E-state index contributed by atoms with van der Waals surface area (Å²) in [6, 6.07) is 8.20. The second-order valence-electron chi connectivity index (χ2n) is 4.26. The van der Waals surface area contributed by atoms with Crippen molar-refractivity contribution in [1.29, 1.82) is 0 Å². The molecule has 0 spiro atoms. The SMILES string of the molecule is Cc1ccc(OCC(C)Nc2cnccn2)cc1. The van der Waals surface area contributed by atoms with Gasteiger partial charge < -0.3 is 10.1 Å². The zero-order valence-electron chi connectivity index (χ0n) is 10.6. The van der Waals surface area contributed by atoms with Gasteiger partial charge in [-0.1, -0.05) is 17.7 Å². The zero-order valence-corrected chi connectivity index (χ0v) is 10.6. The van der Waals surface area contributed by atoms with Gasteiger partial charge in [-0.05, 0) is 26.0 Å². The van der Waals surface area contributed by atoms with E-state index in [1.807, 2.05) is 31.2 Å². The zero-order chi connectivity index (χ0) is 12.8. The van der Waals surface area contributed by atoms with Crippen LogP contribution in [-0.2, 0) is 0 Å². The molecule has 0 bridgehead atoms. The number of aryl methyl sites for hydroxylation is 1. The summed E-state index contributed by atoms with van der Waals surface area (Å²) < 4.78 is 5.68. The van der Waals surface area contributed by atoms with Crippen molar-refractivity contribution in [2.45, 2.75) is 19.9 Å². The average molecular weight is 243 g/mol. The Balaban J connectivity index is 1.81. The Kier molecular flexibility index (Phi) is 4.12. The van der Waals surface area contributed by atoms with E-state index in [4.69, 9.17) is 4.74 Å². The van der Waals surface area contributed by atoms with Gasteiger partial charge in [-0.15, -0.1) is 0 Å². The highest BCUT2D eigenvalue weighted by atomic mass is 16.5. The summed E-state index contributed by atoms with van der Waals surface area (Å²) in [7, 11) is 0. The number of ether oxygens (including phenoxy) is 1. The van der Waals surface area contributed by atoms with Gasteiger partial charge in [-0.25, -0.2) is 4.98 Å². The Morgan fingerprint density at radius 3 is 2.67 bits per heavy atom. The van der Waals surface area contributed by atoms with Crippen LogP contribution in [0.3, 0.4) is 0 Å². The summed E-state index contributed by atoms with van der Waals surface area (Å²) in [6.07, 6.45) is 5.01. The van der Waals surface area contributed by atoms with Gasteiger partial charge in [0, 0.05) is 12.4 Å². The van der Waals surface area contributed by atoms with E-state index in [9.17, 15) is 0 Å². The molecule has 4 heteroatoms. The van der Waals surface area contributed by atoms with Gasteiger partial charge in [0.2, 0.25) is 0 Å². The van der Waals surface area contributed by atoms with Gasteiger partial charge in [0.1, 0.15) is 18.2 Å². The lowest BCUT2D eigenvalue weighted by molar-refractivity contribution is 0.303. The molecule has 1 unspecified atom stereocenters. The fourth-order valence-corrected chi connectivity index (χ4v) is 1.52. The minimum Gasteiger partial charge on any atom is -0.491 e. The van der Waals surface area contributed by atoms with E-state index in [1.54, 1.807) is 18.6 Å². The van der Waals surface area contributed by atoms with Crippen molar-refractivity contribution < 1.29 is 4.74 Å². The Morgan fingerprint density at radius 2 is 2.00 bits per heavy atom. The first-order chi connectivity index (χ1) is 8.74. The van der Waals surface area contributed by atoms with Crippen molar-refractivity contribution in [1.82, 2.24) is 9.97 Å². The van der Waals surface area contributed by atoms with E-state index in [2.05, 4.69) is 22.2 Å². The fourth-order valence-electron chi connectivity index (χ4n) is 1.52. The third-order valence-corrected chi connectivity index (χ3v) is 2.48. The summed E-state index contributed by atoms with van der Waals surface area (Å²) in [5.74, 6) is 1.64. The lowest BCUT2D eigenvalue weighted by Crippen LogP contribution is -2.24. The van der Waals surface area contributed by atoms with Crippen LogP contribution in [0.25, 0.3) is 0 Å². The van der Waals surface area contributed by atoms with Crippen LogP contribution in [0.15, 0.2) is 42.9 Å². The Bertz CT molecular complexity index is 470. The molecule has 0 fully saturated rings. The first-order valence-electron chi connectivity index (χ1n) is 5.96. The number of hydrogen-bond acceptors (Lipinski definition) is 4. The van der Waals surface area contributed by atoms with Crippen LogP contribution >= 0.6 is 0 Å². The van der Waals surface area contributed by atoms with Crippen LogP contribution in [-0.4, -0.2) is 22.6 Å². The number of aromatic nitrogens is 2. The first-order valence-corrected chi connectivity index (χ1v) is 5.96. The molecule has 4 nitrogen and oxygen atoms in total. The van der Waals surface area contributed by atoms with Gasteiger partial charge in [-0.3, -0.25) is 4.98 Å². The molecule has 0 saturated heterocycles. The second kappa shape index (κ2) is 6.00. The molecule has 1 N–H and O–H groups in total. The van der Waals surface area contributed by atoms with Crippen molar-refractivity contribution in [3.63, 3.8) is 0 Å². The summed E-state index contributed by atoms with van der Waals surface area (Å²) in [6.45, 7) is 4.69. The molecule has 1 heterocycles. The van der Waals surface area contributed by atoms with Crippen LogP contribution in [0.4, 0.5) is 5.82 Å². The second-order valence-corrected chi connectivity index (χ2v) is 4.26. The smallest absolute Gasteiger partial charge is 0.144 e. The predicted molar refractivity (Wildman–Crippen MR) is 71.8 cm³/mol. The van der Waals surface area contributed by atoms with E-state index in [0.29, 0.717) is 6.61 Å². The molecule has 0 radical (unpaired) electrons. The van der Waals surface area contributed by atoms with Gasteiger partial charge >= 0.3 is 0 Å². The van der Waals surface area contributed by atoms with Crippen LogP contribution < -0.4 is 10.1 Å². The van der Waals surface area contributed by atoms with Gasteiger partial charge in [-0.2, -0.15) is 0 Å². The molecule has 1 aromatic carbocycles. The molecule has 2 aromatic rings. The summed E-state index contributed by atoms with van der Waals surface area (Å²) >= 11 is 0. The van der Waals surface area contributed by atoms with Crippen LogP contribution in [0.2, 0.25) is 0 Å². The van der Waals surface area contributed by atoms with Crippen molar-refractivity contribution >= 4 is 5.82 Å². The number of rotatable bonds is 5. The minimum absolute atomic E-state index is 0.169. The molecule has 1 aromatic heterocycles. The molecule has 2 rings (SSSR count). The highest BCUT2D eigenvalue weighted by molar-refractivity contribution is 5.31. The van der Waals surface area contributed by atoms with Crippen molar-refractivity contribution in [2.75, 3.05) is 11.9 Å². The quantitative estimate of drug-likeness (QED) is 0.877. The maximum atomic E-state index is 5.68. The largest absolute Gasteiger partial charge is 0.491 e. The van der Waals surface area contributed by atoms with Gasteiger partial charge in [0.05, 0.1) is 12.2 Å². The van der Waals surface area contributed by atoms with E-state index in [1.165, 1.54) is 5.56 Å². The van der Waals surface area contributed by atoms with Crippen molar-refractivity contribution in [2.24, 2.45) is 0 Å². The predicted octanol–water partition coefficient (Wildman–Crippen LogP) is 2.66. The Labute approximate surface area is 107 Å². The lowest BCUT2D eigenvalue weighted by atomic mass is 10.2. The molecule has 18 heavy (non-hydrogen) atoms. The summed E-state index contributed by atoms with van der Waals surface area (Å²) in [5.41, 5.74) is 1.23. The lowest BCUT2D eigenvalue weighted by Gasteiger charge is -2.15. The standard InChI is InChI=1S/C14H17N3O/c1-11-3-5-13(6-4-11)18-10-12(2)17-14-9-15-7-8-16-14/h3-9,12H,10H2,1-2H3,(H,16,17). The highest BCUT2D eigenvalue weighted by Gasteiger charge is 2.03. The molecule has 1 atom stereocenters. The average Bonchev–Trinajstić information content (AvgIpc) is 2.39. The molecule has 0 saturated carbocycles. The molecule has 0 aliphatic carbocycles. The number of benzene rings is 1. The topological polar surface area (TPSA) is 47.0 Å². The summed E-state index contributed by atoms with van der Waals surface area (Å²) in [4.78, 5) is 8.16. The number of nitrogens with one attached hydrogen (secondary N) is 1. The molecular formula is C14H17N3O. The monoisotopic (exact) mass is 243 g/mol. The van der Waals surface area contributed by atoms with E-state index >= 15 is 0 Å². The molecule has 0 amide bonds. The van der Waals surface area contributed by atoms with Crippen LogP contribution in [0.1, 0.15) is 12.5 Å². The first kappa shape index (κ1) is 12.4. The van der Waals surface area contributed by atoms with Gasteiger partial charge in [0.15, 0.2) is 0 Å². The Morgan fingerprint density at radius 1 is 1.22 bits per heavy atom. The van der Waals surface area contributed by atoms with Gasteiger partial charge in [0.25, 0.3) is 0 Å². The van der Waals surface area contributed by atoms with Crippen LogP contribution in [0, 0.1) is 6.92 Å². The number of nitrogens with zero attached hydrogens (tertiary/aromatic N) is 2. The van der Waals surface area contributed by atoms with E-state index < -0.39 is 0 Å². The number of hydrogen-bond donors (Lipinski definition) is 1. The molecule has 94 valence electrons. The normalized spacial score (nSPS) is 11.9. The molecular weight excluding hydrogens is 226 g/mol. The molecule has 0 aliphatic heterocycles. The van der Waals surface area contributed by atoms with E-state index in [-0.39, 0.29) is 6.04 Å². The van der Waals surface area contributed by atoms with E-state index in [0.717, 1.165) is 11.6 Å². The number of anilines is 1.